The highest BCUT2D eigenvalue weighted by Crippen LogP contribution is 2.37. The number of aliphatic hydroxyl groups excluding tert-OH is 2. The Bertz CT molecular complexity index is 667. The number of urea groups is 1. The number of carbonyl (C=O) groups excluding carboxylic acids is 2. The molecule has 1 aromatic rings. The summed E-state index contributed by atoms with van der Waals surface area (Å²) in [6, 6.07) is 8.31. The van der Waals surface area contributed by atoms with E-state index in [9.17, 15) is 19.8 Å². The van der Waals surface area contributed by atoms with Crippen LogP contribution in [0.2, 0.25) is 0 Å². The molecule has 3 saturated heterocycles. The fourth-order valence-electron chi connectivity index (χ4n) is 3.21. The lowest BCUT2D eigenvalue weighted by molar-refractivity contribution is -0.344. The molecule has 3 aliphatic rings. The first kappa shape index (κ1) is 15.5. The Morgan fingerprint density at radius 3 is 2.58 bits per heavy atom. The molecule has 0 bridgehead atoms. The average molecular weight is 336 g/mol. The van der Waals surface area contributed by atoms with Gasteiger partial charge in [-0.3, -0.25) is 15.4 Å². The molecular weight excluding hydrogens is 320 g/mol. The summed E-state index contributed by atoms with van der Waals surface area (Å²) in [5, 5.41) is 25.0. The highest BCUT2D eigenvalue weighted by Gasteiger charge is 2.63. The van der Waals surface area contributed by atoms with E-state index in [0.29, 0.717) is 0 Å². The summed E-state index contributed by atoms with van der Waals surface area (Å²) in [4.78, 5) is 23.4. The van der Waals surface area contributed by atoms with Crippen LogP contribution in [0.4, 0.5) is 4.79 Å². The van der Waals surface area contributed by atoms with E-state index in [-0.39, 0.29) is 6.61 Å². The number of nitrogens with one attached hydrogen (secondary N) is 2. The molecule has 128 valence electrons. The van der Waals surface area contributed by atoms with Gasteiger partial charge in [0.1, 0.15) is 24.4 Å². The molecule has 0 aromatic heterocycles. The summed E-state index contributed by atoms with van der Waals surface area (Å²) < 4.78 is 16.9. The highest BCUT2D eigenvalue weighted by atomic mass is 16.7. The zero-order valence-electron chi connectivity index (χ0n) is 12.4. The molecule has 1 spiro atoms. The van der Waals surface area contributed by atoms with Crippen molar-refractivity contribution < 1.29 is 34.0 Å². The van der Waals surface area contributed by atoms with Gasteiger partial charge in [0, 0.05) is 5.56 Å². The molecule has 0 unspecified atom stereocenters. The number of imide groups is 1. The fraction of sp³-hybridized carbons (Fsp3) is 0.467. The number of amides is 3. The van der Waals surface area contributed by atoms with Gasteiger partial charge in [0.15, 0.2) is 6.29 Å². The Hall–Kier alpha value is -2.04. The number of benzene rings is 1. The molecule has 3 aliphatic heterocycles. The van der Waals surface area contributed by atoms with E-state index in [1.165, 1.54) is 0 Å². The first-order valence-electron chi connectivity index (χ1n) is 7.51. The molecule has 4 rings (SSSR count). The van der Waals surface area contributed by atoms with Gasteiger partial charge in [0.2, 0.25) is 0 Å². The lowest BCUT2D eigenvalue weighted by Gasteiger charge is -2.49. The SMILES string of the molecule is O=C1NC(=O)[C@@]2(N1)O[C@@H]1CO[C@@H](c3ccccc3)O[C@H]1[C@H](O)[C@H]2O. The van der Waals surface area contributed by atoms with Gasteiger partial charge in [-0.25, -0.2) is 4.79 Å². The summed E-state index contributed by atoms with van der Waals surface area (Å²) in [6.45, 7) is 0.0267. The minimum absolute atomic E-state index is 0.0267. The molecular formula is C15H16N2O7. The molecule has 9 nitrogen and oxygen atoms in total. The smallest absolute Gasteiger partial charge is 0.324 e. The first-order chi connectivity index (χ1) is 11.5. The number of hydrogen-bond acceptors (Lipinski definition) is 7. The van der Waals surface area contributed by atoms with Gasteiger partial charge in [-0.2, -0.15) is 0 Å². The van der Waals surface area contributed by atoms with E-state index >= 15 is 0 Å². The third-order valence-electron chi connectivity index (χ3n) is 4.41. The van der Waals surface area contributed by atoms with Crippen molar-refractivity contribution >= 4 is 11.9 Å². The molecule has 24 heavy (non-hydrogen) atoms. The van der Waals surface area contributed by atoms with Crippen LogP contribution in [0.5, 0.6) is 0 Å². The van der Waals surface area contributed by atoms with Crippen LogP contribution in [0, 0.1) is 0 Å². The lowest BCUT2D eigenvalue weighted by atomic mass is 9.90. The summed E-state index contributed by atoms with van der Waals surface area (Å²) >= 11 is 0. The van der Waals surface area contributed by atoms with Crippen LogP contribution in [-0.4, -0.2) is 58.9 Å². The van der Waals surface area contributed by atoms with Gasteiger partial charge in [-0.1, -0.05) is 30.3 Å². The number of fused-ring (bicyclic) bond motifs is 1. The van der Waals surface area contributed by atoms with Crippen molar-refractivity contribution in [3.05, 3.63) is 35.9 Å². The highest BCUT2D eigenvalue weighted by molar-refractivity contribution is 6.06. The van der Waals surface area contributed by atoms with Crippen molar-refractivity contribution in [2.75, 3.05) is 6.61 Å². The molecule has 6 atom stereocenters. The summed E-state index contributed by atoms with van der Waals surface area (Å²) in [6.07, 6.45) is -5.58. The number of aliphatic hydroxyl groups is 2. The van der Waals surface area contributed by atoms with Crippen LogP contribution >= 0.6 is 0 Å². The molecule has 0 aliphatic carbocycles. The number of carbonyl (C=O) groups is 2. The van der Waals surface area contributed by atoms with E-state index in [4.69, 9.17) is 14.2 Å². The lowest BCUT2D eigenvalue weighted by Crippen LogP contribution is -2.73. The summed E-state index contributed by atoms with van der Waals surface area (Å²) in [7, 11) is 0. The Labute approximate surface area is 136 Å². The van der Waals surface area contributed by atoms with Crippen LogP contribution in [0.3, 0.4) is 0 Å². The molecule has 3 heterocycles. The maximum absolute atomic E-state index is 12.0. The second-order valence-corrected chi connectivity index (χ2v) is 5.91. The molecule has 3 amide bonds. The monoisotopic (exact) mass is 336 g/mol. The third-order valence-corrected chi connectivity index (χ3v) is 4.41. The van der Waals surface area contributed by atoms with Crippen molar-refractivity contribution in [3.63, 3.8) is 0 Å². The largest absolute Gasteiger partial charge is 0.387 e. The molecule has 9 heteroatoms. The number of hydrogen-bond donors (Lipinski definition) is 4. The fourth-order valence-corrected chi connectivity index (χ4v) is 3.21. The van der Waals surface area contributed by atoms with E-state index in [2.05, 4.69) is 5.32 Å². The summed E-state index contributed by atoms with van der Waals surface area (Å²) in [5.74, 6) is -0.859. The maximum Gasteiger partial charge on any atom is 0.324 e. The predicted octanol–water partition coefficient (Wildman–Crippen LogP) is -1.24. The van der Waals surface area contributed by atoms with Gasteiger partial charge in [0.05, 0.1) is 6.61 Å². The Balaban J connectivity index is 1.57. The quantitative estimate of drug-likeness (QED) is 0.472. The second kappa shape index (κ2) is 5.50. The van der Waals surface area contributed by atoms with E-state index in [1.807, 2.05) is 35.6 Å². The van der Waals surface area contributed by atoms with Gasteiger partial charge in [-0.05, 0) is 0 Å². The molecule has 4 N–H and O–H groups in total. The van der Waals surface area contributed by atoms with Crippen molar-refractivity contribution in [1.29, 1.82) is 0 Å². The Morgan fingerprint density at radius 1 is 1.17 bits per heavy atom. The minimum Gasteiger partial charge on any atom is -0.387 e. The van der Waals surface area contributed by atoms with Gasteiger partial charge >= 0.3 is 6.03 Å². The second-order valence-electron chi connectivity index (χ2n) is 5.91. The van der Waals surface area contributed by atoms with Crippen molar-refractivity contribution in [3.8, 4) is 0 Å². The van der Waals surface area contributed by atoms with Crippen molar-refractivity contribution in [1.82, 2.24) is 10.6 Å². The van der Waals surface area contributed by atoms with E-state index in [0.717, 1.165) is 5.56 Å². The zero-order valence-corrected chi connectivity index (χ0v) is 12.4. The minimum atomic E-state index is -2.04. The average Bonchev–Trinajstić information content (AvgIpc) is 2.88. The van der Waals surface area contributed by atoms with Gasteiger partial charge in [-0.15, -0.1) is 0 Å². The van der Waals surface area contributed by atoms with Crippen LogP contribution in [-0.2, 0) is 19.0 Å². The zero-order chi connectivity index (χ0) is 16.9. The molecule has 0 saturated carbocycles. The van der Waals surface area contributed by atoms with E-state index in [1.54, 1.807) is 0 Å². The normalized spacial score (nSPS) is 41.7. The van der Waals surface area contributed by atoms with Gasteiger partial charge < -0.3 is 24.4 Å². The van der Waals surface area contributed by atoms with Crippen LogP contribution in [0.1, 0.15) is 11.9 Å². The number of ether oxygens (including phenoxy) is 3. The topological polar surface area (TPSA) is 126 Å². The first-order valence-corrected chi connectivity index (χ1v) is 7.51. The molecule has 0 radical (unpaired) electrons. The molecule has 1 aromatic carbocycles. The van der Waals surface area contributed by atoms with Crippen molar-refractivity contribution in [2.45, 2.75) is 36.4 Å². The number of rotatable bonds is 1. The van der Waals surface area contributed by atoms with E-state index < -0.39 is 48.4 Å². The Morgan fingerprint density at radius 2 is 1.92 bits per heavy atom. The van der Waals surface area contributed by atoms with Crippen LogP contribution < -0.4 is 10.6 Å². The Kier molecular flexibility index (Phi) is 3.55. The van der Waals surface area contributed by atoms with Gasteiger partial charge in [0.25, 0.3) is 11.6 Å². The van der Waals surface area contributed by atoms with Crippen LogP contribution in [0.15, 0.2) is 30.3 Å². The van der Waals surface area contributed by atoms with Crippen molar-refractivity contribution in [2.24, 2.45) is 0 Å². The maximum atomic E-state index is 12.0. The third kappa shape index (κ3) is 2.21. The summed E-state index contributed by atoms with van der Waals surface area (Å²) in [5.41, 5.74) is -1.28. The molecule has 3 fully saturated rings. The van der Waals surface area contributed by atoms with Crippen LogP contribution in [0.25, 0.3) is 0 Å². The predicted molar refractivity (Wildman–Crippen MR) is 76.3 cm³/mol. The standard InChI is InChI=1S/C15H16N2O7/c18-9-10-8(6-22-12(23-10)7-4-2-1-3-5-7)24-15(11(9)19)13(20)16-14(21)17-15/h1-5,8-12,18-19H,6H2,(H2,16,17,20,21)/t8-,9+,10-,11-,12-,15+/m1/s1.